The monoisotopic (exact) mass is 182 g/mol. The summed E-state index contributed by atoms with van der Waals surface area (Å²) in [4.78, 5) is 0. The summed E-state index contributed by atoms with van der Waals surface area (Å²) in [5, 5.41) is 9.62. The molecular formula is C3H8ClN4OP. The molecule has 0 amide bonds. The summed E-state index contributed by atoms with van der Waals surface area (Å²) in [6.45, 7) is 0.0301. The van der Waals surface area contributed by atoms with Crippen molar-refractivity contribution in [3.8, 4) is 6.07 Å². The molecule has 0 radical (unpaired) electrons. The third-order valence-corrected chi connectivity index (χ3v) is 1.59. The van der Waals surface area contributed by atoms with E-state index in [9.17, 15) is 4.57 Å². The van der Waals surface area contributed by atoms with Gasteiger partial charge in [-0.2, -0.15) is 5.26 Å². The molecule has 0 rings (SSSR count). The Balaban J connectivity index is 3.58. The number of nitrogens with two attached hydrogens (primary N) is 2. The average molecular weight is 183 g/mol. The fourth-order valence-corrected chi connectivity index (χ4v) is 0.921. The van der Waals surface area contributed by atoms with Gasteiger partial charge in [0.15, 0.2) is 0 Å². The molecule has 1 unspecified atom stereocenters. The second-order valence-corrected chi connectivity index (χ2v) is 3.93. The first-order chi connectivity index (χ1) is 4.45. The van der Waals surface area contributed by atoms with Gasteiger partial charge in [0.2, 0.25) is 0 Å². The number of hydrogen-bond donors (Lipinski definition) is 3. The minimum absolute atomic E-state index is 0.0301. The van der Waals surface area contributed by atoms with Gasteiger partial charge >= 0.3 is 0 Å². The molecule has 0 saturated heterocycles. The first kappa shape index (κ1) is 9.89. The van der Waals surface area contributed by atoms with Crippen LogP contribution in [-0.2, 0) is 4.57 Å². The van der Waals surface area contributed by atoms with Crippen LogP contribution in [0.2, 0.25) is 0 Å². The van der Waals surface area contributed by atoms with Crippen LogP contribution in [0, 0.1) is 11.3 Å². The van der Waals surface area contributed by atoms with Gasteiger partial charge in [0.25, 0.3) is 7.59 Å². The highest BCUT2D eigenvalue weighted by atomic mass is 35.5. The van der Waals surface area contributed by atoms with Crippen molar-refractivity contribution in [3.05, 3.63) is 0 Å². The second-order valence-electron chi connectivity index (χ2n) is 1.67. The molecule has 0 aliphatic rings. The molecule has 0 saturated carbocycles. The van der Waals surface area contributed by atoms with E-state index >= 15 is 0 Å². The molecule has 1 atom stereocenters. The molecule has 0 aromatic heterocycles. The molecule has 10 heavy (non-hydrogen) atoms. The normalized spacial score (nSPS) is 14.2. The molecule has 0 aliphatic carbocycles. The SMILES string of the molecule is N#CC(Cl)CNP(N)(N)=O. The molecule has 0 aromatic rings. The number of hydrogen-bond acceptors (Lipinski definition) is 2. The van der Waals surface area contributed by atoms with Crippen LogP contribution in [0.1, 0.15) is 0 Å². The zero-order valence-corrected chi connectivity index (χ0v) is 6.77. The van der Waals surface area contributed by atoms with Gasteiger partial charge in [-0.25, -0.2) is 5.09 Å². The molecule has 0 spiro atoms. The lowest BCUT2D eigenvalue weighted by molar-refractivity contribution is 0.567. The topological polar surface area (TPSA) is 105 Å². The quantitative estimate of drug-likeness (QED) is 0.412. The van der Waals surface area contributed by atoms with Gasteiger partial charge in [0.1, 0.15) is 5.38 Å². The number of nitriles is 1. The summed E-state index contributed by atoms with van der Waals surface area (Å²) in [6.07, 6.45) is 0. The number of alkyl halides is 1. The van der Waals surface area contributed by atoms with Crippen LogP contribution in [0.3, 0.4) is 0 Å². The van der Waals surface area contributed by atoms with Crippen LogP contribution in [0.25, 0.3) is 0 Å². The van der Waals surface area contributed by atoms with E-state index in [2.05, 4.69) is 5.09 Å². The first-order valence-electron chi connectivity index (χ1n) is 2.41. The van der Waals surface area contributed by atoms with Gasteiger partial charge in [-0.15, -0.1) is 11.6 Å². The zero-order valence-electron chi connectivity index (χ0n) is 5.12. The zero-order chi connectivity index (χ0) is 8.20. The van der Waals surface area contributed by atoms with E-state index in [-0.39, 0.29) is 6.54 Å². The molecule has 0 heterocycles. The summed E-state index contributed by atoms with van der Waals surface area (Å²) in [6, 6.07) is 1.71. The van der Waals surface area contributed by atoms with E-state index in [1.165, 1.54) is 0 Å². The molecule has 0 aliphatic heterocycles. The smallest absolute Gasteiger partial charge is 0.271 e. The second kappa shape index (κ2) is 3.91. The fraction of sp³-hybridized carbons (Fsp3) is 0.667. The molecule has 58 valence electrons. The number of nitrogens with zero attached hydrogens (tertiary/aromatic N) is 1. The van der Waals surface area contributed by atoms with Crippen LogP contribution < -0.4 is 16.1 Å². The van der Waals surface area contributed by atoms with E-state index in [1.807, 2.05) is 0 Å². The largest absolute Gasteiger partial charge is 0.273 e. The number of rotatable bonds is 3. The molecule has 0 bridgehead atoms. The van der Waals surface area contributed by atoms with Crippen molar-refractivity contribution in [1.82, 2.24) is 5.09 Å². The minimum atomic E-state index is -3.22. The molecule has 7 heteroatoms. The van der Waals surface area contributed by atoms with Gasteiger partial charge in [0.05, 0.1) is 6.07 Å². The Bertz CT molecular complexity index is 183. The molecular weight excluding hydrogens is 174 g/mol. The number of halogens is 1. The van der Waals surface area contributed by atoms with E-state index < -0.39 is 13.0 Å². The third kappa shape index (κ3) is 6.02. The predicted octanol–water partition coefficient (Wildman–Crippen LogP) is -0.268. The van der Waals surface area contributed by atoms with Crippen molar-refractivity contribution in [2.75, 3.05) is 6.54 Å². The fourth-order valence-electron chi connectivity index (χ4n) is 0.268. The van der Waals surface area contributed by atoms with E-state index in [0.29, 0.717) is 0 Å². The van der Waals surface area contributed by atoms with Gasteiger partial charge in [-0.1, -0.05) is 0 Å². The summed E-state index contributed by atoms with van der Waals surface area (Å²) in [7, 11) is -3.22. The third-order valence-electron chi connectivity index (χ3n) is 0.658. The van der Waals surface area contributed by atoms with Crippen molar-refractivity contribution in [2.45, 2.75) is 5.38 Å². The summed E-state index contributed by atoms with van der Waals surface area (Å²) >= 11 is 5.32. The Kier molecular flexibility index (Phi) is 3.87. The molecule has 5 nitrogen and oxygen atoms in total. The molecule has 5 N–H and O–H groups in total. The van der Waals surface area contributed by atoms with E-state index in [4.69, 9.17) is 27.9 Å². The van der Waals surface area contributed by atoms with Crippen molar-refractivity contribution in [1.29, 1.82) is 5.26 Å². The van der Waals surface area contributed by atoms with E-state index in [1.54, 1.807) is 6.07 Å². The maximum Gasteiger partial charge on any atom is 0.273 e. The highest BCUT2D eigenvalue weighted by Crippen LogP contribution is 2.16. The van der Waals surface area contributed by atoms with Crippen molar-refractivity contribution >= 4 is 19.2 Å². The maximum atomic E-state index is 10.5. The lowest BCUT2D eigenvalue weighted by atomic mass is 10.5. The maximum absolute atomic E-state index is 10.5. The van der Waals surface area contributed by atoms with Gasteiger partial charge in [0, 0.05) is 6.54 Å². The summed E-state index contributed by atoms with van der Waals surface area (Å²) in [5.74, 6) is 0. The highest BCUT2D eigenvalue weighted by Gasteiger charge is 2.09. The first-order valence-corrected chi connectivity index (χ1v) is 4.70. The Morgan fingerprint density at radius 3 is 2.60 bits per heavy atom. The van der Waals surface area contributed by atoms with Crippen LogP contribution in [-0.4, -0.2) is 11.9 Å². The summed E-state index contributed by atoms with van der Waals surface area (Å²) < 4.78 is 10.5. The van der Waals surface area contributed by atoms with E-state index in [0.717, 1.165) is 0 Å². The van der Waals surface area contributed by atoms with Crippen molar-refractivity contribution < 1.29 is 4.57 Å². The average Bonchev–Trinajstić information content (AvgIpc) is 1.81. The summed E-state index contributed by atoms with van der Waals surface area (Å²) in [5.41, 5.74) is 9.79. The minimum Gasteiger partial charge on any atom is -0.271 e. The Morgan fingerprint density at radius 1 is 1.80 bits per heavy atom. The van der Waals surface area contributed by atoms with Crippen LogP contribution in [0.4, 0.5) is 0 Å². The Labute approximate surface area is 63.9 Å². The van der Waals surface area contributed by atoms with Gasteiger partial charge in [-0.05, 0) is 0 Å². The molecule has 0 fully saturated rings. The van der Waals surface area contributed by atoms with Crippen LogP contribution >= 0.6 is 19.2 Å². The lowest BCUT2D eigenvalue weighted by Crippen LogP contribution is -2.27. The number of nitrogens with one attached hydrogen (secondary N) is 1. The standard InChI is InChI=1S/C3H8ClN4OP/c4-3(1-5)2-8-10(6,7)9/h3H,2H2,(H5,6,7,8,9). The highest BCUT2D eigenvalue weighted by molar-refractivity contribution is 7.56. The lowest BCUT2D eigenvalue weighted by Gasteiger charge is -2.07. The van der Waals surface area contributed by atoms with Gasteiger partial charge in [-0.3, -0.25) is 15.6 Å². The van der Waals surface area contributed by atoms with Crippen LogP contribution in [0.15, 0.2) is 0 Å². The Morgan fingerprint density at radius 2 is 2.30 bits per heavy atom. The Hall–Kier alpha value is -0.110. The van der Waals surface area contributed by atoms with Crippen LogP contribution in [0.5, 0.6) is 0 Å². The van der Waals surface area contributed by atoms with Gasteiger partial charge < -0.3 is 0 Å². The predicted molar refractivity (Wildman–Crippen MR) is 39.2 cm³/mol. The molecule has 0 aromatic carbocycles. The van der Waals surface area contributed by atoms with Crippen molar-refractivity contribution in [3.63, 3.8) is 0 Å². The van der Waals surface area contributed by atoms with Crippen molar-refractivity contribution in [2.24, 2.45) is 11.0 Å².